The maximum absolute atomic E-state index is 11.6. The molecule has 9 heteroatoms. The Bertz CT molecular complexity index is 584. The van der Waals surface area contributed by atoms with E-state index in [4.69, 9.17) is 15.3 Å². The first kappa shape index (κ1) is 28.0. The highest BCUT2D eigenvalue weighted by Gasteiger charge is 2.33. The number of aliphatic hydroxyl groups excluding tert-OH is 5. The predicted octanol–water partition coefficient (Wildman–Crippen LogP) is 0.284. The Morgan fingerprint density at radius 1 is 0.900 bits per heavy atom. The van der Waals surface area contributed by atoms with Gasteiger partial charge in [0.2, 0.25) is 0 Å². The summed E-state index contributed by atoms with van der Waals surface area (Å²) in [5.74, 6) is -1.68. The lowest BCUT2D eigenvalue weighted by atomic mass is 10.0. The van der Waals surface area contributed by atoms with Gasteiger partial charge in [-0.1, -0.05) is 57.2 Å². The molecular weight excluding hydrogens is 394 g/mol. The van der Waals surface area contributed by atoms with Crippen LogP contribution in [0.3, 0.4) is 0 Å². The van der Waals surface area contributed by atoms with Gasteiger partial charge in [0.15, 0.2) is 6.10 Å². The summed E-state index contributed by atoms with van der Waals surface area (Å²) in [5.41, 5.74) is 0.331. The van der Waals surface area contributed by atoms with E-state index >= 15 is 0 Å². The minimum atomic E-state index is -1.85. The molecule has 0 bridgehead atoms. The maximum atomic E-state index is 11.6. The van der Waals surface area contributed by atoms with Crippen LogP contribution in [0.5, 0.6) is 0 Å². The summed E-state index contributed by atoms with van der Waals surface area (Å²) in [6.07, 6.45) is -0.715. The number of aliphatic hydroxyl groups is 5. The fourth-order valence-corrected chi connectivity index (χ4v) is 2.48. The van der Waals surface area contributed by atoms with Gasteiger partial charge in [-0.05, 0) is 18.6 Å². The number of carboxylic acids is 1. The minimum absolute atomic E-state index is 0.331. The second-order valence-electron chi connectivity index (χ2n) is 6.91. The van der Waals surface area contributed by atoms with Gasteiger partial charge in [-0.3, -0.25) is 4.79 Å². The molecule has 1 aromatic rings. The molecule has 1 aromatic carbocycles. The number of carbonyl (C=O) groups excluding carboxylic acids is 1. The highest BCUT2D eigenvalue weighted by atomic mass is 16.4. The van der Waals surface area contributed by atoms with E-state index in [9.17, 15) is 24.9 Å². The lowest BCUT2D eigenvalue weighted by Crippen LogP contribution is -2.51. The largest absolute Gasteiger partial charge is 0.478 e. The van der Waals surface area contributed by atoms with E-state index in [-0.39, 0.29) is 0 Å². The Morgan fingerprint density at radius 3 is 1.97 bits per heavy atom. The molecule has 0 aliphatic carbocycles. The van der Waals surface area contributed by atoms with Crippen molar-refractivity contribution >= 4 is 11.9 Å². The maximum Gasteiger partial charge on any atom is 0.335 e. The topological polar surface area (TPSA) is 168 Å². The minimum Gasteiger partial charge on any atom is -0.478 e. The quantitative estimate of drug-likeness (QED) is 0.220. The van der Waals surface area contributed by atoms with E-state index in [0.717, 1.165) is 25.7 Å². The Hall–Kier alpha value is -2.04. The number of amides is 1. The van der Waals surface area contributed by atoms with Crippen LogP contribution in [0, 0.1) is 0 Å². The third-order valence-electron chi connectivity index (χ3n) is 4.37. The van der Waals surface area contributed by atoms with E-state index < -0.39 is 42.9 Å². The number of rotatable bonds is 13. The fraction of sp³-hybridized carbons (Fsp3) is 0.619. The molecule has 0 heterocycles. The zero-order chi connectivity index (χ0) is 22.9. The first-order valence-corrected chi connectivity index (χ1v) is 10.1. The van der Waals surface area contributed by atoms with E-state index in [0.29, 0.717) is 12.1 Å². The van der Waals surface area contributed by atoms with Gasteiger partial charge < -0.3 is 36.0 Å². The number of hydrogen-bond acceptors (Lipinski definition) is 7. The Balaban J connectivity index is 0.000000769. The van der Waals surface area contributed by atoms with Crippen LogP contribution < -0.4 is 5.32 Å². The second kappa shape index (κ2) is 16.7. The Morgan fingerprint density at radius 2 is 1.47 bits per heavy atom. The predicted molar refractivity (Wildman–Crippen MR) is 111 cm³/mol. The molecule has 0 aromatic heterocycles. The van der Waals surface area contributed by atoms with Crippen LogP contribution in [0.1, 0.15) is 55.8 Å². The molecule has 0 aliphatic heterocycles. The molecule has 0 fully saturated rings. The normalized spacial score (nSPS) is 14.6. The molecule has 0 saturated heterocycles. The van der Waals surface area contributed by atoms with Gasteiger partial charge in [0.1, 0.15) is 18.3 Å². The molecule has 0 spiro atoms. The van der Waals surface area contributed by atoms with Crippen molar-refractivity contribution in [2.24, 2.45) is 0 Å². The zero-order valence-corrected chi connectivity index (χ0v) is 17.4. The summed E-state index contributed by atoms with van der Waals surface area (Å²) in [6.45, 7) is 1.74. The molecule has 7 N–H and O–H groups in total. The summed E-state index contributed by atoms with van der Waals surface area (Å²) in [5, 5.41) is 57.1. The molecule has 0 unspecified atom stereocenters. The number of hydrogen-bond donors (Lipinski definition) is 7. The van der Waals surface area contributed by atoms with Gasteiger partial charge in [-0.15, -0.1) is 0 Å². The van der Waals surface area contributed by atoms with Crippen LogP contribution in [-0.4, -0.2) is 80.1 Å². The van der Waals surface area contributed by atoms with E-state index in [1.165, 1.54) is 12.8 Å². The smallest absolute Gasteiger partial charge is 0.335 e. The third-order valence-corrected chi connectivity index (χ3v) is 4.37. The van der Waals surface area contributed by atoms with Gasteiger partial charge in [0.25, 0.3) is 5.91 Å². The number of carboxylic acid groups (broad SMARTS) is 1. The van der Waals surface area contributed by atoms with Crippen molar-refractivity contribution in [1.29, 1.82) is 0 Å². The first-order chi connectivity index (χ1) is 14.3. The van der Waals surface area contributed by atoms with Crippen LogP contribution in [0.25, 0.3) is 0 Å². The molecule has 9 nitrogen and oxygen atoms in total. The number of unbranched alkanes of at least 4 members (excludes halogenated alkanes) is 5. The van der Waals surface area contributed by atoms with E-state index in [1.807, 2.05) is 0 Å². The van der Waals surface area contributed by atoms with Crippen LogP contribution in [0.4, 0.5) is 0 Å². The van der Waals surface area contributed by atoms with Gasteiger partial charge in [0, 0.05) is 6.54 Å². The van der Waals surface area contributed by atoms with Crippen LogP contribution >= 0.6 is 0 Å². The lowest BCUT2D eigenvalue weighted by Gasteiger charge is -2.24. The lowest BCUT2D eigenvalue weighted by molar-refractivity contribution is -0.148. The molecule has 0 aliphatic rings. The highest BCUT2D eigenvalue weighted by Crippen LogP contribution is 2.06. The van der Waals surface area contributed by atoms with Crippen molar-refractivity contribution in [3.8, 4) is 0 Å². The van der Waals surface area contributed by atoms with Crippen molar-refractivity contribution in [1.82, 2.24) is 5.32 Å². The molecule has 172 valence electrons. The van der Waals surface area contributed by atoms with Crippen molar-refractivity contribution in [3.63, 3.8) is 0 Å². The molecule has 4 atom stereocenters. The van der Waals surface area contributed by atoms with Gasteiger partial charge in [-0.2, -0.15) is 0 Å². The van der Waals surface area contributed by atoms with E-state index in [1.54, 1.807) is 30.3 Å². The average Bonchev–Trinajstić information content (AvgIpc) is 2.77. The Kier molecular flexibility index (Phi) is 15.6. The highest BCUT2D eigenvalue weighted by molar-refractivity contribution is 5.87. The molecular formula is C21H35NO8. The summed E-state index contributed by atoms with van der Waals surface area (Å²) < 4.78 is 0. The van der Waals surface area contributed by atoms with Crippen LogP contribution in [0.2, 0.25) is 0 Å². The van der Waals surface area contributed by atoms with Gasteiger partial charge in [-0.25, -0.2) is 4.79 Å². The summed E-state index contributed by atoms with van der Waals surface area (Å²) in [6, 6.07) is 8.30. The molecule has 0 saturated carbocycles. The number of carbonyl (C=O) groups is 2. The van der Waals surface area contributed by atoms with E-state index in [2.05, 4.69) is 12.2 Å². The fourth-order valence-electron chi connectivity index (χ4n) is 2.48. The van der Waals surface area contributed by atoms with Crippen molar-refractivity contribution < 1.29 is 40.2 Å². The summed E-state index contributed by atoms with van der Waals surface area (Å²) >= 11 is 0. The average molecular weight is 430 g/mol. The monoisotopic (exact) mass is 429 g/mol. The number of benzene rings is 1. The van der Waals surface area contributed by atoms with Crippen molar-refractivity contribution in [2.75, 3.05) is 13.2 Å². The SMILES string of the molecule is CCCCCCCCNC(=O)[C@H](O)[C@@H](O)[C@H](O)[C@H](O)CO.O=C(O)c1ccccc1. The van der Waals surface area contributed by atoms with Gasteiger partial charge >= 0.3 is 5.97 Å². The molecule has 1 amide bonds. The van der Waals surface area contributed by atoms with Crippen molar-refractivity contribution in [2.45, 2.75) is 69.9 Å². The Labute approximate surface area is 177 Å². The second-order valence-corrected chi connectivity index (χ2v) is 6.91. The number of nitrogens with one attached hydrogen (secondary N) is 1. The van der Waals surface area contributed by atoms with Crippen molar-refractivity contribution in [3.05, 3.63) is 35.9 Å². The number of aromatic carboxylic acids is 1. The summed E-state index contributed by atoms with van der Waals surface area (Å²) in [7, 11) is 0. The van der Waals surface area contributed by atoms with Crippen LogP contribution in [-0.2, 0) is 4.79 Å². The molecule has 0 radical (unpaired) electrons. The third kappa shape index (κ3) is 11.8. The van der Waals surface area contributed by atoms with Crippen LogP contribution in [0.15, 0.2) is 30.3 Å². The summed E-state index contributed by atoms with van der Waals surface area (Å²) in [4.78, 5) is 21.8. The molecule has 30 heavy (non-hydrogen) atoms. The first-order valence-electron chi connectivity index (χ1n) is 10.1. The molecule has 1 rings (SSSR count). The zero-order valence-electron chi connectivity index (χ0n) is 17.4. The van der Waals surface area contributed by atoms with Gasteiger partial charge in [0.05, 0.1) is 12.2 Å². The standard InChI is InChI=1S/C14H29NO6.C7H6O2/c1-2-3-4-5-6-7-8-15-14(21)13(20)12(19)11(18)10(17)9-16;8-7(9)6-4-2-1-3-5-6/h10-13,16-20H,2-9H2,1H3,(H,15,21);1-5H,(H,8,9)/t10-,11-,12+,13-;/m1./s1.